The first-order chi connectivity index (χ1) is 15.7. The molecule has 184 valence electrons. The summed E-state index contributed by atoms with van der Waals surface area (Å²) in [7, 11) is -3.40. The Balaban J connectivity index is 1.53. The van der Waals surface area contributed by atoms with E-state index in [1.165, 1.54) is 6.07 Å². The highest BCUT2D eigenvalue weighted by atomic mass is 32.2. The van der Waals surface area contributed by atoms with Crippen molar-refractivity contribution in [2.75, 3.05) is 19.5 Å². The van der Waals surface area contributed by atoms with Crippen LogP contribution in [0.5, 0.6) is 5.75 Å². The molecule has 2 unspecified atom stereocenters. The minimum atomic E-state index is -3.40. The van der Waals surface area contributed by atoms with Gasteiger partial charge in [-0.2, -0.15) is 0 Å². The van der Waals surface area contributed by atoms with Gasteiger partial charge < -0.3 is 14.4 Å². The van der Waals surface area contributed by atoms with Crippen molar-refractivity contribution in [1.82, 2.24) is 9.62 Å². The van der Waals surface area contributed by atoms with Crippen molar-refractivity contribution in [3.63, 3.8) is 0 Å². The molecule has 1 aromatic rings. The van der Waals surface area contributed by atoms with Gasteiger partial charge in [-0.3, -0.25) is 4.79 Å². The second-order valence-electron chi connectivity index (χ2n) is 9.78. The number of halogens is 1. The molecule has 7 nitrogen and oxygen atoms in total. The molecule has 0 aromatic heterocycles. The number of carbonyl (C=O) groups excluding carboxylic acids is 1. The minimum Gasteiger partial charge on any atom is -0.493 e. The van der Waals surface area contributed by atoms with Crippen molar-refractivity contribution in [3.8, 4) is 5.75 Å². The Hall–Kier alpha value is -1.71. The van der Waals surface area contributed by atoms with Gasteiger partial charge in [-0.25, -0.2) is 17.5 Å². The second-order valence-corrected chi connectivity index (χ2v) is 11.6. The molecule has 1 saturated carbocycles. The number of carbonyl (C=O) groups is 1. The first kappa shape index (κ1) is 24.4. The van der Waals surface area contributed by atoms with Crippen LogP contribution in [0.2, 0.25) is 0 Å². The number of rotatable bonds is 2. The van der Waals surface area contributed by atoms with Gasteiger partial charge in [0.05, 0.1) is 31.6 Å². The summed E-state index contributed by atoms with van der Waals surface area (Å²) in [5, 5.41) is 0. The highest BCUT2D eigenvalue weighted by Crippen LogP contribution is 2.36. The Kier molecular flexibility index (Phi) is 7.60. The second kappa shape index (κ2) is 10.3. The normalized spacial score (nSPS) is 31.7. The summed E-state index contributed by atoms with van der Waals surface area (Å²) in [5.74, 6) is 0.535. The molecule has 1 saturated heterocycles. The van der Waals surface area contributed by atoms with Gasteiger partial charge in [0.15, 0.2) is 0 Å². The fourth-order valence-electron chi connectivity index (χ4n) is 5.59. The molecule has 4 aliphatic rings. The van der Waals surface area contributed by atoms with Crippen LogP contribution >= 0.6 is 0 Å². The Morgan fingerprint density at radius 2 is 1.88 bits per heavy atom. The number of benzene rings is 1. The average molecular weight is 483 g/mol. The quantitative estimate of drug-likeness (QED) is 0.699. The first-order valence-corrected chi connectivity index (χ1v) is 13.9. The molecule has 0 spiro atoms. The van der Waals surface area contributed by atoms with Crippen LogP contribution in [0.3, 0.4) is 0 Å². The van der Waals surface area contributed by atoms with Crippen molar-refractivity contribution in [3.05, 3.63) is 29.6 Å². The third-order valence-electron chi connectivity index (χ3n) is 7.14. The minimum absolute atomic E-state index is 0.00923. The smallest absolute Gasteiger partial charge is 0.223 e. The summed E-state index contributed by atoms with van der Waals surface area (Å²) in [6, 6.07) is 4.22. The summed E-state index contributed by atoms with van der Waals surface area (Å²) >= 11 is 0. The molecule has 0 radical (unpaired) electrons. The lowest BCUT2D eigenvalue weighted by molar-refractivity contribution is -0.136. The maximum Gasteiger partial charge on any atom is 0.223 e. The maximum absolute atomic E-state index is 14.2. The van der Waals surface area contributed by atoms with Crippen molar-refractivity contribution in [2.45, 2.75) is 88.4 Å². The lowest BCUT2D eigenvalue weighted by Gasteiger charge is -2.34. The Morgan fingerprint density at radius 3 is 2.61 bits per heavy atom. The Bertz CT molecular complexity index is 948. The van der Waals surface area contributed by atoms with Crippen LogP contribution in [0.25, 0.3) is 0 Å². The van der Waals surface area contributed by atoms with E-state index in [4.69, 9.17) is 9.47 Å². The third kappa shape index (κ3) is 6.25. The summed E-state index contributed by atoms with van der Waals surface area (Å²) in [6.07, 6.45) is 6.93. The lowest BCUT2D eigenvalue weighted by atomic mass is 9.82. The zero-order valence-corrected chi connectivity index (χ0v) is 20.3. The zero-order chi connectivity index (χ0) is 23.6. The van der Waals surface area contributed by atoms with Crippen molar-refractivity contribution in [2.24, 2.45) is 0 Å². The van der Waals surface area contributed by atoms with Gasteiger partial charge >= 0.3 is 0 Å². The molecule has 1 N–H and O–H groups in total. The molecular weight excluding hydrogens is 447 g/mol. The summed E-state index contributed by atoms with van der Waals surface area (Å²) in [4.78, 5) is 14.9. The van der Waals surface area contributed by atoms with Gasteiger partial charge in [-0.15, -0.1) is 0 Å². The molecule has 1 aromatic carbocycles. The number of hydrogen-bond donors (Lipinski definition) is 1. The molecule has 3 aliphatic heterocycles. The SMILES string of the molecule is C[C@@H]1CC(NS(C)(=O)=O)C2COC3CCC(CC3)c3cc(F)cc(c3)OCCCCC(=O)N21. The zero-order valence-electron chi connectivity index (χ0n) is 19.5. The lowest BCUT2D eigenvalue weighted by Crippen LogP contribution is -2.50. The monoisotopic (exact) mass is 482 g/mol. The molecule has 3 heterocycles. The number of ether oxygens (including phenoxy) is 2. The molecule has 2 fully saturated rings. The number of hydrogen-bond acceptors (Lipinski definition) is 5. The van der Waals surface area contributed by atoms with Gasteiger partial charge in [0, 0.05) is 24.6 Å². The highest BCUT2D eigenvalue weighted by molar-refractivity contribution is 7.88. The predicted octanol–water partition coefficient (Wildman–Crippen LogP) is 3.34. The molecule has 3 atom stereocenters. The summed E-state index contributed by atoms with van der Waals surface area (Å²) in [6.45, 7) is 2.70. The largest absolute Gasteiger partial charge is 0.493 e. The Labute approximate surface area is 196 Å². The Morgan fingerprint density at radius 1 is 1.12 bits per heavy atom. The van der Waals surface area contributed by atoms with Crippen LogP contribution in [0.15, 0.2) is 18.2 Å². The molecule has 1 aliphatic carbocycles. The van der Waals surface area contributed by atoms with Crippen LogP contribution in [0, 0.1) is 5.82 Å². The van der Waals surface area contributed by atoms with Crippen LogP contribution in [0.1, 0.15) is 69.8 Å². The number of nitrogens with zero attached hydrogens (tertiary/aromatic N) is 1. The third-order valence-corrected chi connectivity index (χ3v) is 7.87. The summed E-state index contributed by atoms with van der Waals surface area (Å²) < 4.78 is 52.9. The van der Waals surface area contributed by atoms with Crippen molar-refractivity contribution in [1.29, 1.82) is 0 Å². The van der Waals surface area contributed by atoms with E-state index in [1.54, 1.807) is 6.07 Å². The van der Waals surface area contributed by atoms with Gasteiger partial charge in [-0.1, -0.05) is 0 Å². The number of fused-ring (bicyclic) bond motifs is 8. The van der Waals surface area contributed by atoms with E-state index >= 15 is 0 Å². The van der Waals surface area contributed by atoms with E-state index in [0.29, 0.717) is 44.6 Å². The van der Waals surface area contributed by atoms with Gasteiger partial charge in [0.2, 0.25) is 15.9 Å². The highest BCUT2D eigenvalue weighted by Gasteiger charge is 2.43. The number of amides is 1. The number of nitrogens with one attached hydrogen (secondary N) is 1. The van der Waals surface area contributed by atoms with Crippen LogP contribution < -0.4 is 9.46 Å². The van der Waals surface area contributed by atoms with Crippen molar-refractivity contribution >= 4 is 15.9 Å². The number of sulfonamides is 1. The maximum atomic E-state index is 14.2. The molecule has 5 rings (SSSR count). The van der Waals surface area contributed by atoms with E-state index < -0.39 is 10.0 Å². The standard InChI is InChI=1S/C24H35FN2O5S/c1-16-11-22(26-33(2,29)30)23-15-32-20-8-6-17(7-9-20)18-12-19(25)14-21(13-18)31-10-4-3-5-24(28)27(16)23/h12-14,16-17,20,22-23,26H,3-11,15H2,1-2H3/t16-,17?,20?,22?,23?/m1/s1. The van der Waals surface area contributed by atoms with Gasteiger partial charge in [0.1, 0.15) is 11.6 Å². The van der Waals surface area contributed by atoms with Gasteiger partial charge in [0.25, 0.3) is 0 Å². The average Bonchev–Trinajstić information content (AvgIpc) is 3.04. The molecule has 9 heteroatoms. The van der Waals surface area contributed by atoms with E-state index in [2.05, 4.69) is 4.72 Å². The van der Waals surface area contributed by atoms with Crippen molar-refractivity contribution < 1.29 is 27.1 Å². The molecule has 1 amide bonds. The summed E-state index contributed by atoms with van der Waals surface area (Å²) in [5.41, 5.74) is 0.969. The van der Waals surface area contributed by atoms with Crippen LogP contribution in [-0.4, -0.2) is 62.9 Å². The predicted molar refractivity (Wildman–Crippen MR) is 123 cm³/mol. The topological polar surface area (TPSA) is 84.9 Å². The van der Waals surface area contributed by atoms with Crippen LogP contribution in [-0.2, 0) is 19.6 Å². The van der Waals surface area contributed by atoms with E-state index in [-0.39, 0.29) is 41.9 Å². The molecule has 33 heavy (non-hydrogen) atoms. The fraction of sp³-hybridized carbons (Fsp3) is 0.708. The van der Waals surface area contributed by atoms with Crippen LogP contribution in [0.4, 0.5) is 4.39 Å². The molecule has 4 bridgehead atoms. The van der Waals surface area contributed by atoms with Gasteiger partial charge in [-0.05, 0) is 75.5 Å². The first-order valence-electron chi connectivity index (χ1n) is 12.0. The van der Waals surface area contributed by atoms with E-state index in [1.807, 2.05) is 17.9 Å². The fourth-order valence-corrected chi connectivity index (χ4v) is 6.39. The molecular formula is C24H35FN2O5S. The van der Waals surface area contributed by atoms with E-state index in [0.717, 1.165) is 37.5 Å². The van der Waals surface area contributed by atoms with E-state index in [9.17, 15) is 17.6 Å².